The van der Waals surface area contributed by atoms with E-state index >= 15 is 0 Å². The number of halogens is 1. The second-order valence-electron chi connectivity index (χ2n) is 5.26. The molecule has 2 aliphatic rings. The lowest BCUT2D eigenvalue weighted by molar-refractivity contribution is -0.0809. The van der Waals surface area contributed by atoms with Crippen molar-refractivity contribution in [3.05, 3.63) is 29.8 Å². The van der Waals surface area contributed by atoms with Crippen LogP contribution < -0.4 is 5.32 Å². The molecule has 5 nitrogen and oxygen atoms in total. The minimum Gasteiger partial charge on any atom is -0.384 e. The molecule has 2 fully saturated rings. The van der Waals surface area contributed by atoms with Crippen molar-refractivity contribution >= 4 is 5.91 Å². The molecule has 1 aromatic rings. The molecule has 0 radical (unpaired) electrons. The molecule has 20 heavy (non-hydrogen) atoms. The van der Waals surface area contributed by atoms with Crippen LogP contribution in [0.3, 0.4) is 0 Å². The van der Waals surface area contributed by atoms with Crippen LogP contribution in [0.1, 0.15) is 16.8 Å². The van der Waals surface area contributed by atoms with Crippen molar-refractivity contribution in [1.29, 1.82) is 0 Å². The number of carbonyl (C=O) groups excluding carboxylic acids is 1. The van der Waals surface area contributed by atoms with Gasteiger partial charge in [-0.25, -0.2) is 4.39 Å². The second-order valence-corrected chi connectivity index (χ2v) is 5.26. The fraction of sp³-hybridized carbons (Fsp3) is 0.571. The molecule has 6 heteroatoms. The molecule has 0 unspecified atom stereocenters. The standard InChI is InChI=1S/C14H17FN2O3/c1-19-7-10-12(9-3-5-20-13(9)10)17-14(18)8-2-4-16-6-11(8)15/h2,4,6,9-10,12-13H,3,5,7H2,1H3,(H,17,18)/t9-,10+,12+,13-/m0/s1. The fourth-order valence-corrected chi connectivity index (χ4v) is 3.22. The molecule has 0 spiro atoms. The first kappa shape index (κ1) is 13.5. The lowest BCUT2D eigenvalue weighted by Crippen LogP contribution is -2.62. The van der Waals surface area contributed by atoms with Crippen LogP contribution in [0.25, 0.3) is 0 Å². The summed E-state index contributed by atoms with van der Waals surface area (Å²) in [5.74, 6) is -0.557. The molecule has 1 aliphatic heterocycles. The number of hydrogen-bond acceptors (Lipinski definition) is 4. The zero-order chi connectivity index (χ0) is 14.1. The topological polar surface area (TPSA) is 60.5 Å². The number of hydrogen-bond donors (Lipinski definition) is 1. The summed E-state index contributed by atoms with van der Waals surface area (Å²) in [5.41, 5.74) is 0.0264. The van der Waals surface area contributed by atoms with Crippen LogP contribution in [0.2, 0.25) is 0 Å². The van der Waals surface area contributed by atoms with E-state index in [0.29, 0.717) is 19.1 Å². The van der Waals surface area contributed by atoms with Crippen molar-refractivity contribution in [2.24, 2.45) is 11.8 Å². The van der Waals surface area contributed by atoms with Crippen molar-refractivity contribution < 1.29 is 18.7 Å². The first-order chi connectivity index (χ1) is 9.72. The molecule has 1 amide bonds. The molecule has 0 bridgehead atoms. The first-order valence-electron chi connectivity index (χ1n) is 6.73. The Morgan fingerprint density at radius 1 is 1.65 bits per heavy atom. The lowest BCUT2D eigenvalue weighted by Gasteiger charge is -2.47. The monoisotopic (exact) mass is 280 g/mol. The Morgan fingerprint density at radius 3 is 3.25 bits per heavy atom. The number of nitrogens with one attached hydrogen (secondary N) is 1. The average molecular weight is 280 g/mol. The molecule has 0 aromatic carbocycles. The van der Waals surface area contributed by atoms with Crippen molar-refractivity contribution in [3.8, 4) is 0 Å². The second kappa shape index (κ2) is 5.46. The summed E-state index contributed by atoms with van der Waals surface area (Å²) in [5, 5.41) is 2.91. The highest BCUT2D eigenvalue weighted by Crippen LogP contribution is 2.43. The molecule has 1 saturated heterocycles. The number of ether oxygens (including phenoxy) is 2. The fourth-order valence-electron chi connectivity index (χ4n) is 3.22. The summed E-state index contributed by atoms with van der Waals surface area (Å²) in [6.45, 7) is 1.25. The zero-order valence-corrected chi connectivity index (χ0v) is 11.2. The maximum atomic E-state index is 13.6. The van der Waals surface area contributed by atoms with Gasteiger partial charge < -0.3 is 14.8 Å². The summed E-state index contributed by atoms with van der Waals surface area (Å²) in [6.07, 6.45) is 3.54. The van der Waals surface area contributed by atoms with Gasteiger partial charge in [-0.1, -0.05) is 0 Å². The third-order valence-electron chi connectivity index (χ3n) is 4.20. The summed E-state index contributed by atoms with van der Waals surface area (Å²) in [7, 11) is 1.63. The Labute approximate surface area is 116 Å². The molecule has 1 aliphatic carbocycles. The van der Waals surface area contributed by atoms with Gasteiger partial charge in [-0.15, -0.1) is 0 Å². The van der Waals surface area contributed by atoms with Crippen LogP contribution in [0.5, 0.6) is 0 Å². The molecular formula is C14H17FN2O3. The summed E-state index contributed by atoms with van der Waals surface area (Å²) >= 11 is 0. The molecule has 3 rings (SSSR count). The SMILES string of the molecule is COC[C@@H]1[C@H](NC(=O)c2ccncc2F)[C@@H]2CCO[C@H]12. The Kier molecular flexibility index (Phi) is 3.67. The van der Waals surface area contributed by atoms with Gasteiger partial charge in [0.05, 0.1) is 24.5 Å². The van der Waals surface area contributed by atoms with Crippen LogP contribution >= 0.6 is 0 Å². The molecule has 1 aromatic heterocycles. The minimum absolute atomic E-state index is 0.0116. The van der Waals surface area contributed by atoms with E-state index in [0.717, 1.165) is 12.6 Å². The summed E-state index contributed by atoms with van der Waals surface area (Å²) in [6, 6.07) is 1.37. The lowest BCUT2D eigenvalue weighted by atomic mass is 9.67. The van der Waals surface area contributed by atoms with Crippen LogP contribution in [0.4, 0.5) is 4.39 Å². The van der Waals surface area contributed by atoms with Gasteiger partial charge >= 0.3 is 0 Å². The zero-order valence-electron chi connectivity index (χ0n) is 11.2. The van der Waals surface area contributed by atoms with Gasteiger partial charge in [-0.3, -0.25) is 9.78 Å². The largest absolute Gasteiger partial charge is 0.384 e. The maximum absolute atomic E-state index is 13.6. The number of amides is 1. The number of aromatic nitrogens is 1. The predicted molar refractivity (Wildman–Crippen MR) is 68.7 cm³/mol. The van der Waals surface area contributed by atoms with Crippen LogP contribution in [-0.4, -0.2) is 43.4 Å². The van der Waals surface area contributed by atoms with Crippen LogP contribution in [0, 0.1) is 17.7 Å². The van der Waals surface area contributed by atoms with Gasteiger partial charge in [0.25, 0.3) is 5.91 Å². The van der Waals surface area contributed by atoms with E-state index in [9.17, 15) is 9.18 Å². The Bertz CT molecular complexity index is 511. The third kappa shape index (κ3) is 2.19. The van der Waals surface area contributed by atoms with E-state index in [2.05, 4.69) is 10.3 Å². The van der Waals surface area contributed by atoms with Gasteiger partial charge in [-0.05, 0) is 12.5 Å². The van der Waals surface area contributed by atoms with E-state index < -0.39 is 11.7 Å². The molecule has 108 valence electrons. The third-order valence-corrected chi connectivity index (χ3v) is 4.20. The number of nitrogens with zero attached hydrogens (tertiary/aromatic N) is 1. The van der Waals surface area contributed by atoms with Crippen molar-refractivity contribution in [2.75, 3.05) is 20.3 Å². The highest BCUT2D eigenvalue weighted by molar-refractivity contribution is 5.94. The number of methoxy groups -OCH3 is 1. The van der Waals surface area contributed by atoms with Crippen molar-refractivity contribution in [3.63, 3.8) is 0 Å². The highest BCUT2D eigenvalue weighted by atomic mass is 19.1. The number of rotatable bonds is 4. The van der Waals surface area contributed by atoms with E-state index in [-0.39, 0.29) is 23.6 Å². The average Bonchev–Trinajstić information content (AvgIpc) is 2.87. The Hall–Kier alpha value is -1.53. The van der Waals surface area contributed by atoms with Gasteiger partial charge in [-0.2, -0.15) is 0 Å². The normalized spacial score (nSPS) is 31.5. The number of fused-ring (bicyclic) bond motifs is 1. The molecular weight excluding hydrogens is 263 g/mol. The maximum Gasteiger partial charge on any atom is 0.254 e. The first-order valence-corrected chi connectivity index (χ1v) is 6.73. The molecule has 4 atom stereocenters. The smallest absolute Gasteiger partial charge is 0.254 e. The number of pyridine rings is 1. The van der Waals surface area contributed by atoms with E-state index in [4.69, 9.17) is 9.47 Å². The minimum atomic E-state index is -0.605. The molecule has 1 N–H and O–H groups in total. The van der Waals surface area contributed by atoms with Crippen LogP contribution in [-0.2, 0) is 9.47 Å². The van der Waals surface area contributed by atoms with Gasteiger partial charge in [0.2, 0.25) is 0 Å². The highest BCUT2D eigenvalue weighted by Gasteiger charge is 2.54. The van der Waals surface area contributed by atoms with Gasteiger partial charge in [0.1, 0.15) is 0 Å². The van der Waals surface area contributed by atoms with E-state index in [1.807, 2.05) is 0 Å². The predicted octanol–water partition coefficient (Wildman–Crippen LogP) is 1.00. The van der Waals surface area contributed by atoms with E-state index in [1.54, 1.807) is 7.11 Å². The Balaban J connectivity index is 1.70. The summed E-state index contributed by atoms with van der Waals surface area (Å²) < 4.78 is 24.4. The molecule has 1 saturated carbocycles. The Morgan fingerprint density at radius 2 is 2.50 bits per heavy atom. The summed E-state index contributed by atoms with van der Waals surface area (Å²) in [4.78, 5) is 15.8. The number of carbonyl (C=O) groups is 1. The van der Waals surface area contributed by atoms with Crippen LogP contribution in [0.15, 0.2) is 18.5 Å². The van der Waals surface area contributed by atoms with Crippen molar-refractivity contribution in [1.82, 2.24) is 10.3 Å². The van der Waals surface area contributed by atoms with E-state index in [1.165, 1.54) is 12.3 Å². The quantitative estimate of drug-likeness (QED) is 0.894. The van der Waals surface area contributed by atoms with Crippen molar-refractivity contribution in [2.45, 2.75) is 18.6 Å². The molecule has 2 heterocycles. The van der Waals surface area contributed by atoms with Gasteiger partial charge in [0, 0.05) is 37.8 Å². The van der Waals surface area contributed by atoms with Gasteiger partial charge in [0.15, 0.2) is 5.82 Å².